The summed E-state index contributed by atoms with van der Waals surface area (Å²) in [7, 11) is 1.60. The first kappa shape index (κ1) is 17.0. The molecule has 2 aromatic heterocycles. The molecule has 5 heteroatoms. The van der Waals surface area contributed by atoms with Gasteiger partial charge in [0.25, 0.3) is 5.91 Å². The van der Waals surface area contributed by atoms with E-state index in [1.54, 1.807) is 13.2 Å². The lowest BCUT2D eigenvalue weighted by Gasteiger charge is -2.11. The number of carbonyl (C=O) groups excluding carboxylic acids is 1. The van der Waals surface area contributed by atoms with Gasteiger partial charge in [0.05, 0.1) is 19.4 Å². The van der Waals surface area contributed by atoms with E-state index in [1.165, 1.54) is 6.26 Å². The summed E-state index contributed by atoms with van der Waals surface area (Å²) < 4.78 is 16.7. The van der Waals surface area contributed by atoms with Gasteiger partial charge in [-0.05, 0) is 30.7 Å². The van der Waals surface area contributed by atoms with Gasteiger partial charge in [-0.2, -0.15) is 0 Å². The van der Waals surface area contributed by atoms with Crippen LogP contribution in [0.2, 0.25) is 0 Å². The molecule has 4 rings (SSSR count). The highest BCUT2D eigenvalue weighted by Crippen LogP contribution is 2.31. The van der Waals surface area contributed by atoms with Crippen LogP contribution in [0.4, 0.5) is 0 Å². The molecule has 0 aliphatic heterocycles. The number of nitrogens with one attached hydrogen (secondary N) is 1. The fourth-order valence-electron chi connectivity index (χ4n) is 3.09. The zero-order chi connectivity index (χ0) is 18.8. The first-order chi connectivity index (χ1) is 13.2. The smallest absolute Gasteiger partial charge is 0.288 e. The van der Waals surface area contributed by atoms with Crippen molar-refractivity contribution < 1.29 is 18.4 Å². The summed E-state index contributed by atoms with van der Waals surface area (Å²) in [5, 5.41) is 3.86. The summed E-state index contributed by atoms with van der Waals surface area (Å²) in [6, 6.07) is 18.7. The molecule has 1 unspecified atom stereocenters. The van der Waals surface area contributed by atoms with Crippen LogP contribution < -0.4 is 10.1 Å². The number of methoxy groups -OCH3 is 1. The van der Waals surface area contributed by atoms with Crippen LogP contribution in [0, 0.1) is 0 Å². The Kier molecular flexibility index (Phi) is 4.42. The SMILES string of the molecule is COc1cccc2cc(C(C)NC(=O)c3occc3-c3ccccc3)oc12. The largest absolute Gasteiger partial charge is 0.493 e. The number of carbonyl (C=O) groups is 1. The van der Waals surface area contributed by atoms with Gasteiger partial charge in [0.15, 0.2) is 17.1 Å². The van der Waals surface area contributed by atoms with Gasteiger partial charge >= 0.3 is 0 Å². The van der Waals surface area contributed by atoms with Crippen molar-refractivity contribution in [3.63, 3.8) is 0 Å². The minimum absolute atomic E-state index is 0.279. The minimum Gasteiger partial charge on any atom is -0.493 e. The average molecular weight is 361 g/mol. The van der Waals surface area contributed by atoms with Gasteiger partial charge in [-0.3, -0.25) is 4.79 Å². The average Bonchev–Trinajstić information content (AvgIpc) is 3.35. The lowest BCUT2D eigenvalue weighted by Crippen LogP contribution is -2.26. The Hall–Kier alpha value is -3.47. The fraction of sp³-hybridized carbons (Fsp3) is 0.136. The van der Waals surface area contributed by atoms with Gasteiger partial charge in [0, 0.05) is 10.9 Å². The van der Waals surface area contributed by atoms with Gasteiger partial charge in [-0.25, -0.2) is 0 Å². The first-order valence-electron chi connectivity index (χ1n) is 8.67. The molecule has 0 aliphatic rings. The number of hydrogen-bond donors (Lipinski definition) is 1. The highest BCUT2D eigenvalue weighted by molar-refractivity contribution is 5.98. The zero-order valence-corrected chi connectivity index (χ0v) is 15.1. The standard InChI is InChI=1S/C22H19NO4/c1-14(19-13-16-9-6-10-18(25-2)20(16)27-19)23-22(24)21-17(11-12-26-21)15-7-4-3-5-8-15/h3-14H,1-2H3,(H,23,24). The lowest BCUT2D eigenvalue weighted by atomic mass is 10.1. The van der Waals surface area contributed by atoms with Gasteiger partial charge < -0.3 is 18.9 Å². The maximum absolute atomic E-state index is 12.8. The van der Waals surface area contributed by atoms with Crippen molar-refractivity contribution in [3.05, 3.63) is 78.4 Å². The van der Waals surface area contributed by atoms with Crippen LogP contribution in [0.3, 0.4) is 0 Å². The summed E-state index contributed by atoms with van der Waals surface area (Å²) in [5.74, 6) is 1.30. The van der Waals surface area contributed by atoms with E-state index in [4.69, 9.17) is 13.6 Å². The van der Waals surface area contributed by atoms with Gasteiger partial charge in [-0.15, -0.1) is 0 Å². The van der Waals surface area contributed by atoms with Gasteiger partial charge in [0.2, 0.25) is 0 Å². The second-order valence-corrected chi connectivity index (χ2v) is 6.25. The molecule has 0 fully saturated rings. The number of hydrogen-bond acceptors (Lipinski definition) is 4. The molecule has 27 heavy (non-hydrogen) atoms. The van der Waals surface area contributed by atoms with Crippen LogP contribution in [0.5, 0.6) is 5.75 Å². The van der Waals surface area contributed by atoms with Gasteiger partial charge in [0.1, 0.15) is 5.76 Å². The third-order valence-corrected chi connectivity index (χ3v) is 4.48. The summed E-state index contributed by atoms with van der Waals surface area (Å²) in [4.78, 5) is 12.8. The summed E-state index contributed by atoms with van der Waals surface area (Å²) >= 11 is 0. The Bertz CT molecular complexity index is 1080. The molecule has 0 saturated carbocycles. The van der Waals surface area contributed by atoms with E-state index in [0.717, 1.165) is 16.5 Å². The third-order valence-electron chi connectivity index (χ3n) is 4.48. The summed E-state index contributed by atoms with van der Waals surface area (Å²) in [6.07, 6.45) is 1.52. The van der Waals surface area contributed by atoms with Crippen molar-refractivity contribution >= 4 is 16.9 Å². The normalized spacial score (nSPS) is 12.1. The zero-order valence-electron chi connectivity index (χ0n) is 15.1. The minimum atomic E-state index is -0.330. The highest BCUT2D eigenvalue weighted by atomic mass is 16.5. The molecule has 0 aliphatic carbocycles. The van der Waals surface area contributed by atoms with E-state index in [0.29, 0.717) is 17.1 Å². The lowest BCUT2D eigenvalue weighted by molar-refractivity contribution is 0.0908. The highest BCUT2D eigenvalue weighted by Gasteiger charge is 2.21. The molecule has 0 saturated heterocycles. The van der Waals surface area contributed by atoms with Crippen LogP contribution in [0.1, 0.15) is 29.3 Å². The molecular weight excluding hydrogens is 342 g/mol. The molecule has 5 nitrogen and oxygen atoms in total. The molecule has 4 aromatic rings. The molecule has 1 atom stereocenters. The number of fused-ring (bicyclic) bond motifs is 1. The first-order valence-corrected chi connectivity index (χ1v) is 8.67. The van der Waals surface area contributed by atoms with E-state index in [-0.39, 0.29) is 17.7 Å². The molecule has 0 bridgehead atoms. The molecule has 1 N–H and O–H groups in total. The van der Waals surface area contributed by atoms with E-state index >= 15 is 0 Å². The van der Waals surface area contributed by atoms with E-state index in [1.807, 2.05) is 61.5 Å². The maximum atomic E-state index is 12.8. The second-order valence-electron chi connectivity index (χ2n) is 6.25. The molecular formula is C22H19NO4. The predicted octanol–water partition coefficient (Wildman–Crippen LogP) is 5.19. The van der Waals surface area contributed by atoms with Gasteiger partial charge in [-0.1, -0.05) is 42.5 Å². The van der Waals surface area contributed by atoms with E-state index < -0.39 is 0 Å². The van der Waals surface area contributed by atoms with Crippen molar-refractivity contribution in [2.24, 2.45) is 0 Å². The molecule has 2 heterocycles. The van der Waals surface area contributed by atoms with Crippen molar-refractivity contribution in [1.29, 1.82) is 0 Å². The molecule has 2 aromatic carbocycles. The number of furan rings is 2. The van der Waals surface area contributed by atoms with Crippen molar-refractivity contribution in [3.8, 4) is 16.9 Å². The van der Waals surface area contributed by atoms with Crippen LogP contribution in [-0.4, -0.2) is 13.0 Å². The van der Waals surface area contributed by atoms with Crippen molar-refractivity contribution in [1.82, 2.24) is 5.32 Å². The molecule has 0 spiro atoms. The second kappa shape index (κ2) is 7.03. The van der Waals surface area contributed by atoms with Crippen LogP contribution >= 0.6 is 0 Å². The Morgan fingerprint density at radius 3 is 2.67 bits per heavy atom. The predicted molar refractivity (Wildman–Crippen MR) is 103 cm³/mol. The topological polar surface area (TPSA) is 64.6 Å². The molecule has 0 radical (unpaired) electrons. The number of ether oxygens (including phenoxy) is 1. The maximum Gasteiger partial charge on any atom is 0.288 e. The number of rotatable bonds is 5. The Morgan fingerprint density at radius 2 is 1.89 bits per heavy atom. The number of amides is 1. The molecule has 1 amide bonds. The molecule has 136 valence electrons. The van der Waals surface area contributed by atoms with E-state index in [9.17, 15) is 4.79 Å². The fourth-order valence-corrected chi connectivity index (χ4v) is 3.09. The van der Waals surface area contributed by atoms with Crippen LogP contribution in [0.15, 0.2) is 75.8 Å². The Balaban J connectivity index is 1.58. The monoisotopic (exact) mass is 361 g/mol. The number of benzene rings is 2. The Morgan fingerprint density at radius 1 is 1.07 bits per heavy atom. The van der Waals surface area contributed by atoms with Crippen molar-refractivity contribution in [2.45, 2.75) is 13.0 Å². The Labute approximate surface area is 156 Å². The van der Waals surface area contributed by atoms with Crippen LogP contribution in [0.25, 0.3) is 22.1 Å². The summed E-state index contributed by atoms with van der Waals surface area (Å²) in [5.41, 5.74) is 2.35. The van der Waals surface area contributed by atoms with Crippen molar-refractivity contribution in [2.75, 3.05) is 7.11 Å². The quantitative estimate of drug-likeness (QED) is 0.531. The third kappa shape index (κ3) is 3.19. The number of para-hydroxylation sites is 1. The van der Waals surface area contributed by atoms with Crippen LogP contribution in [-0.2, 0) is 0 Å². The van der Waals surface area contributed by atoms with E-state index in [2.05, 4.69) is 5.32 Å². The summed E-state index contributed by atoms with van der Waals surface area (Å²) in [6.45, 7) is 1.87.